The van der Waals surface area contributed by atoms with E-state index in [2.05, 4.69) is 13.0 Å². The molecule has 0 fully saturated rings. The maximum atomic E-state index is 8.42. The first-order valence-electron chi connectivity index (χ1n) is 8.92. The lowest BCUT2D eigenvalue weighted by Gasteiger charge is -2.11. The summed E-state index contributed by atoms with van der Waals surface area (Å²) in [5, 5.41) is 8.42. The first-order valence-corrected chi connectivity index (χ1v) is 13.0. The monoisotopic (exact) mass is 379 g/mol. The molecule has 1 atom stereocenters. The summed E-state index contributed by atoms with van der Waals surface area (Å²) in [5.74, 6) is 2.59. The molecule has 0 heterocycles. The van der Waals surface area contributed by atoms with Crippen LogP contribution in [0.2, 0.25) is 0 Å². The number of nitriles is 1. The fraction of sp³-hybridized carbons (Fsp3) is 0.941. The zero-order valence-electron chi connectivity index (χ0n) is 14.9. The summed E-state index contributed by atoms with van der Waals surface area (Å²) < 4.78 is 11.0. The van der Waals surface area contributed by atoms with Gasteiger partial charge in [0, 0.05) is 18.2 Å². The summed E-state index contributed by atoms with van der Waals surface area (Å²) in [5.41, 5.74) is 0. The lowest BCUT2D eigenvalue weighted by molar-refractivity contribution is 0.252. The maximum Gasteiger partial charge on any atom is 0.167 e. The molecular weight excluding hydrogens is 345 g/mol. The molecule has 0 saturated heterocycles. The van der Waals surface area contributed by atoms with Crippen LogP contribution in [0.3, 0.4) is 0 Å². The van der Waals surface area contributed by atoms with Gasteiger partial charge in [0.25, 0.3) is 0 Å². The van der Waals surface area contributed by atoms with Crippen molar-refractivity contribution in [3.63, 3.8) is 0 Å². The molecule has 0 aromatic heterocycles. The molecule has 0 rings (SSSR count). The highest BCUT2D eigenvalue weighted by Gasteiger charge is 2.02. The van der Waals surface area contributed by atoms with E-state index in [9.17, 15) is 0 Å². The smallest absolute Gasteiger partial charge is 0.167 e. The summed E-state index contributed by atoms with van der Waals surface area (Å²) in [6.45, 7) is 5.51. The Balaban J connectivity index is 3.06. The topological polar surface area (TPSA) is 42.2 Å². The fourth-order valence-corrected chi connectivity index (χ4v) is 5.05. The van der Waals surface area contributed by atoms with Gasteiger partial charge in [-0.2, -0.15) is 5.26 Å². The van der Waals surface area contributed by atoms with E-state index in [0.717, 1.165) is 13.0 Å². The lowest BCUT2D eigenvalue weighted by Crippen LogP contribution is -1.94. The van der Waals surface area contributed by atoms with Crippen LogP contribution in [-0.2, 0) is 9.05 Å². The molecular formula is C17H34NO2PS2. The van der Waals surface area contributed by atoms with Crippen molar-refractivity contribution in [2.45, 2.75) is 71.1 Å². The number of nitrogens with zero attached hydrogens (tertiary/aromatic N) is 1. The Morgan fingerprint density at radius 3 is 2.00 bits per heavy atom. The predicted octanol–water partition coefficient (Wildman–Crippen LogP) is 6.79. The van der Waals surface area contributed by atoms with Crippen LogP contribution in [0.25, 0.3) is 0 Å². The van der Waals surface area contributed by atoms with E-state index < -0.39 is 8.38 Å². The summed E-state index contributed by atoms with van der Waals surface area (Å²) in [6.07, 6.45) is 12.3. The average Bonchev–Trinajstić information content (AvgIpc) is 2.55. The summed E-state index contributed by atoms with van der Waals surface area (Å²) in [4.78, 5) is 0. The Labute approximate surface area is 153 Å². The van der Waals surface area contributed by atoms with Crippen LogP contribution in [0.15, 0.2) is 0 Å². The molecule has 136 valence electrons. The summed E-state index contributed by atoms with van der Waals surface area (Å²) in [7, 11) is 3.30. The van der Waals surface area contributed by atoms with Crippen molar-refractivity contribution in [2.24, 2.45) is 0 Å². The Morgan fingerprint density at radius 1 is 0.826 bits per heavy atom. The number of unbranched alkanes of at least 4 members (excludes halogenated alkanes) is 7. The normalized spacial score (nSPS) is 12.2. The van der Waals surface area contributed by atoms with Crippen molar-refractivity contribution >= 4 is 30.0 Å². The molecule has 0 saturated carbocycles. The van der Waals surface area contributed by atoms with Gasteiger partial charge in [-0.25, -0.2) is 0 Å². The van der Waals surface area contributed by atoms with Gasteiger partial charge in [0.15, 0.2) is 8.38 Å². The van der Waals surface area contributed by atoms with E-state index in [1.807, 2.05) is 28.3 Å². The third kappa shape index (κ3) is 20.5. The van der Waals surface area contributed by atoms with Crippen molar-refractivity contribution in [2.75, 3.05) is 31.4 Å². The van der Waals surface area contributed by atoms with Crippen molar-refractivity contribution < 1.29 is 9.05 Å². The molecule has 0 aliphatic rings. The third-order valence-electron chi connectivity index (χ3n) is 3.30. The Bertz CT molecular complexity index is 278. The molecule has 0 bridgehead atoms. The molecule has 6 heteroatoms. The largest absolute Gasteiger partial charge is 0.334 e. The first-order chi connectivity index (χ1) is 11.3. The van der Waals surface area contributed by atoms with Gasteiger partial charge in [-0.15, -0.1) is 0 Å². The minimum absolute atomic E-state index is 0.449. The summed E-state index contributed by atoms with van der Waals surface area (Å²) >= 11 is 0. The van der Waals surface area contributed by atoms with Crippen molar-refractivity contribution in [3.8, 4) is 6.07 Å². The first kappa shape index (κ1) is 23.5. The molecule has 0 N–H and O–H groups in total. The van der Waals surface area contributed by atoms with Crippen LogP contribution in [0.1, 0.15) is 71.1 Å². The van der Waals surface area contributed by atoms with E-state index in [0.29, 0.717) is 13.0 Å². The van der Waals surface area contributed by atoms with Gasteiger partial charge < -0.3 is 9.05 Å². The zero-order valence-corrected chi connectivity index (χ0v) is 17.5. The molecule has 0 amide bonds. The molecule has 3 nitrogen and oxygen atoms in total. The second-order valence-corrected chi connectivity index (χ2v) is 9.58. The van der Waals surface area contributed by atoms with Gasteiger partial charge in [-0.05, 0) is 19.3 Å². The minimum Gasteiger partial charge on any atom is -0.334 e. The quantitative estimate of drug-likeness (QED) is 0.149. The Kier molecular flexibility index (Phi) is 21.1. The van der Waals surface area contributed by atoms with Gasteiger partial charge in [-0.1, -0.05) is 67.0 Å². The molecule has 0 spiro atoms. The van der Waals surface area contributed by atoms with Crippen LogP contribution in [0, 0.1) is 11.3 Å². The Hall–Kier alpha value is 0.540. The van der Waals surface area contributed by atoms with Crippen LogP contribution >= 0.6 is 30.0 Å². The van der Waals surface area contributed by atoms with E-state index in [4.69, 9.17) is 14.3 Å². The predicted molar refractivity (Wildman–Crippen MR) is 107 cm³/mol. The molecule has 0 aromatic carbocycles. The highest BCUT2D eigenvalue weighted by molar-refractivity contribution is 8.76. The zero-order chi connectivity index (χ0) is 17.0. The number of hydrogen-bond acceptors (Lipinski definition) is 5. The molecule has 0 radical (unpaired) electrons. The molecule has 0 aliphatic carbocycles. The van der Waals surface area contributed by atoms with E-state index in [-0.39, 0.29) is 0 Å². The van der Waals surface area contributed by atoms with Gasteiger partial charge in [-0.3, -0.25) is 0 Å². The lowest BCUT2D eigenvalue weighted by atomic mass is 10.2. The number of rotatable bonds is 18. The maximum absolute atomic E-state index is 8.42. The molecule has 0 aromatic rings. The molecule has 0 aliphatic heterocycles. The van der Waals surface area contributed by atoms with Crippen LogP contribution in [0.4, 0.5) is 0 Å². The van der Waals surface area contributed by atoms with Crippen molar-refractivity contribution in [1.29, 1.82) is 5.26 Å². The average molecular weight is 380 g/mol. The van der Waals surface area contributed by atoms with Crippen LogP contribution in [-0.4, -0.2) is 31.4 Å². The number of hydrogen-bond donors (Lipinski definition) is 0. The van der Waals surface area contributed by atoms with Crippen LogP contribution in [0.5, 0.6) is 0 Å². The second kappa shape index (κ2) is 20.6. The van der Waals surface area contributed by atoms with E-state index in [1.54, 1.807) is 0 Å². The van der Waals surface area contributed by atoms with Crippen molar-refractivity contribution in [3.05, 3.63) is 0 Å². The van der Waals surface area contributed by atoms with Crippen molar-refractivity contribution in [1.82, 2.24) is 0 Å². The molecule has 23 heavy (non-hydrogen) atoms. The summed E-state index contributed by atoms with van der Waals surface area (Å²) in [6, 6.07) is 2.07. The Morgan fingerprint density at radius 2 is 1.39 bits per heavy atom. The van der Waals surface area contributed by atoms with Gasteiger partial charge in [0.05, 0.1) is 25.7 Å². The molecule has 1 unspecified atom stereocenters. The second-order valence-electron chi connectivity index (χ2n) is 5.49. The van der Waals surface area contributed by atoms with Gasteiger partial charge >= 0.3 is 0 Å². The van der Waals surface area contributed by atoms with Crippen LogP contribution < -0.4 is 0 Å². The van der Waals surface area contributed by atoms with E-state index >= 15 is 0 Å². The van der Waals surface area contributed by atoms with Gasteiger partial charge in [0.1, 0.15) is 0 Å². The van der Waals surface area contributed by atoms with E-state index in [1.165, 1.54) is 62.9 Å². The standard InChI is InChI=1S/C17H34NO2PS2/c1-3-4-5-7-10-16-22-23-17-11-8-6-9-14-19-21(2)20-15-12-13-18/h3-12,14-17H2,1-2H3. The minimum atomic E-state index is -0.791. The van der Waals surface area contributed by atoms with Gasteiger partial charge in [0.2, 0.25) is 0 Å². The third-order valence-corrected chi connectivity index (χ3v) is 6.97. The SMILES string of the molecule is CCCCCCCSSCCCCCCOP(C)OCCC#N. The highest BCUT2D eigenvalue weighted by atomic mass is 33.1. The fourth-order valence-electron chi connectivity index (χ4n) is 1.95. The highest BCUT2D eigenvalue weighted by Crippen LogP contribution is 2.33.